The van der Waals surface area contributed by atoms with Crippen molar-refractivity contribution >= 4 is 5.91 Å². The quantitative estimate of drug-likeness (QED) is 0.905. The van der Waals surface area contributed by atoms with E-state index in [-0.39, 0.29) is 23.8 Å². The second-order valence-corrected chi connectivity index (χ2v) is 7.27. The Hall–Kier alpha value is -2.22. The lowest BCUT2D eigenvalue weighted by Gasteiger charge is -2.32. The van der Waals surface area contributed by atoms with Gasteiger partial charge >= 0.3 is 0 Å². The van der Waals surface area contributed by atoms with Crippen LogP contribution in [0.25, 0.3) is 0 Å². The van der Waals surface area contributed by atoms with Crippen molar-refractivity contribution in [1.82, 2.24) is 29.9 Å². The molecule has 134 valence electrons. The lowest BCUT2D eigenvalue weighted by Crippen LogP contribution is -2.43. The Kier molecular flexibility index (Phi) is 4.07. The van der Waals surface area contributed by atoms with Crippen LogP contribution in [0.5, 0.6) is 0 Å². The third kappa shape index (κ3) is 3.18. The minimum atomic E-state index is -0.228. The molecule has 0 spiro atoms. The van der Waals surface area contributed by atoms with E-state index in [0.29, 0.717) is 31.4 Å². The molecule has 0 aromatic carbocycles. The molecule has 1 saturated carbocycles. The normalized spacial score (nSPS) is 26.2. The molecule has 4 rings (SSSR count). The topological polar surface area (TPSA) is 88.9 Å². The number of aromatic nitrogens is 5. The van der Waals surface area contributed by atoms with Crippen LogP contribution in [0.4, 0.5) is 0 Å². The maximum absolute atomic E-state index is 12.8. The van der Waals surface area contributed by atoms with Gasteiger partial charge in [0.15, 0.2) is 11.6 Å². The second-order valence-electron chi connectivity index (χ2n) is 7.27. The summed E-state index contributed by atoms with van der Waals surface area (Å²) in [6.07, 6.45) is 4.55. The number of ether oxygens (including phenoxy) is 1. The third-order valence-corrected chi connectivity index (χ3v) is 4.98. The number of carbonyl (C=O) groups is 1. The van der Waals surface area contributed by atoms with Crippen molar-refractivity contribution in [1.29, 1.82) is 0 Å². The standard InChI is InChI=1S/C17H24N6O2/c1-10(2)15-19-16(21-20-15)14-9-23(4-5-25-14)17(24)13-6-12(13)11-7-18-22(3)8-11/h7-8,10,12-14H,4-6,9H2,1-3H3,(H,19,20,21)/t12-,13+,14+/m1/s1. The smallest absolute Gasteiger partial charge is 0.226 e. The average Bonchev–Trinajstić information content (AvgIpc) is 3.03. The molecule has 2 aromatic heterocycles. The highest BCUT2D eigenvalue weighted by Crippen LogP contribution is 2.48. The molecule has 2 aliphatic rings. The Balaban J connectivity index is 1.40. The van der Waals surface area contributed by atoms with Gasteiger partial charge in [-0.3, -0.25) is 14.6 Å². The SMILES string of the molecule is CC(C)c1n[nH]c([C@@H]2CN(C(=O)[C@H]3C[C@@H]3c3cnn(C)c3)CCO2)n1. The molecule has 2 fully saturated rings. The molecule has 8 heteroatoms. The van der Waals surface area contributed by atoms with Crippen LogP contribution in [0, 0.1) is 5.92 Å². The average molecular weight is 344 g/mol. The van der Waals surface area contributed by atoms with Gasteiger partial charge in [0.1, 0.15) is 6.10 Å². The van der Waals surface area contributed by atoms with Crippen molar-refractivity contribution in [2.24, 2.45) is 13.0 Å². The van der Waals surface area contributed by atoms with Gasteiger partial charge in [0, 0.05) is 31.6 Å². The summed E-state index contributed by atoms with van der Waals surface area (Å²) >= 11 is 0. The molecular formula is C17H24N6O2. The van der Waals surface area contributed by atoms with Crippen LogP contribution < -0.4 is 0 Å². The number of carbonyl (C=O) groups excluding carboxylic acids is 1. The number of nitrogens with zero attached hydrogens (tertiary/aromatic N) is 5. The first-order valence-corrected chi connectivity index (χ1v) is 8.84. The van der Waals surface area contributed by atoms with Crippen LogP contribution in [-0.4, -0.2) is 55.5 Å². The van der Waals surface area contributed by atoms with E-state index in [2.05, 4.69) is 34.1 Å². The number of amides is 1. The highest BCUT2D eigenvalue weighted by molar-refractivity contribution is 5.83. The van der Waals surface area contributed by atoms with E-state index in [1.54, 1.807) is 4.68 Å². The first-order valence-electron chi connectivity index (χ1n) is 8.84. The number of hydrogen-bond acceptors (Lipinski definition) is 5. The molecular weight excluding hydrogens is 320 g/mol. The van der Waals surface area contributed by atoms with Crippen molar-refractivity contribution in [2.75, 3.05) is 19.7 Å². The van der Waals surface area contributed by atoms with Crippen molar-refractivity contribution in [3.63, 3.8) is 0 Å². The summed E-state index contributed by atoms with van der Waals surface area (Å²) in [6, 6.07) is 0. The fraction of sp³-hybridized carbons (Fsp3) is 0.647. The number of nitrogens with one attached hydrogen (secondary N) is 1. The van der Waals surface area contributed by atoms with Gasteiger partial charge in [-0.1, -0.05) is 13.8 Å². The van der Waals surface area contributed by atoms with Crippen molar-refractivity contribution in [3.05, 3.63) is 29.6 Å². The van der Waals surface area contributed by atoms with E-state index in [9.17, 15) is 4.79 Å². The summed E-state index contributed by atoms with van der Waals surface area (Å²) in [5.74, 6) is 2.34. The molecule has 8 nitrogen and oxygen atoms in total. The van der Waals surface area contributed by atoms with Crippen LogP contribution in [0.2, 0.25) is 0 Å². The van der Waals surface area contributed by atoms with E-state index in [1.807, 2.05) is 24.3 Å². The third-order valence-electron chi connectivity index (χ3n) is 4.98. The Bertz CT molecular complexity index is 767. The molecule has 25 heavy (non-hydrogen) atoms. The van der Waals surface area contributed by atoms with E-state index in [4.69, 9.17) is 4.74 Å². The Morgan fingerprint density at radius 2 is 2.28 bits per heavy atom. The number of rotatable bonds is 4. The van der Waals surface area contributed by atoms with Crippen LogP contribution in [-0.2, 0) is 16.6 Å². The van der Waals surface area contributed by atoms with Crippen LogP contribution >= 0.6 is 0 Å². The van der Waals surface area contributed by atoms with Gasteiger partial charge < -0.3 is 9.64 Å². The zero-order chi connectivity index (χ0) is 17.6. The summed E-state index contributed by atoms with van der Waals surface area (Å²) in [7, 11) is 1.90. The van der Waals surface area contributed by atoms with E-state index in [1.165, 1.54) is 0 Å². The molecule has 1 N–H and O–H groups in total. The zero-order valence-corrected chi connectivity index (χ0v) is 14.8. The monoisotopic (exact) mass is 344 g/mol. The zero-order valence-electron chi connectivity index (χ0n) is 14.8. The molecule has 1 aliphatic heterocycles. The minimum Gasteiger partial charge on any atom is -0.367 e. The maximum atomic E-state index is 12.8. The summed E-state index contributed by atoms with van der Waals surface area (Å²) < 4.78 is 7.60. The molecule has 0 radical (unpaired) electrons. The molecule has 2 aromatic rings. The largest absolute Gasteiger partial charge is 0.367 e. The van der Waals surface area contributed by atoms with Gasteiger partial charge in [-0.15, -0.1) is 0 Å². The Morgan fingerprint density at radius 1 is 1.44 bits per heavy atom. The van der Waals surface area contributed by atoms with Gasteiger partial charge in [0.25, 0.3) is 0 Å². The van der Waals surface area contributed by atoms with Crippen LogP contribution in [0.15, 0.2) is 12.4 Å². The predicted molar refractivity (Wildman–Crippen MR) is 89.8 cm³/mol. The molecule has 1 amide bonds. The van der Waals surface area contributed by atoms with Gasteiger partial charge in [0.2, 0.25) is 5.91 Å². The highest BCUT2D eigenvalue weighted by Gasteiger charge is 2.47. The first-order chi connectivity index (χ1) is 12.0. The van der Waals surface area contributed by atoms with Gasteiger partial charge in [-0.25, -0.2) is 4.98 Å². The molecule has 3 heterocycles. The summed E-state index contributed by atoms with van der Waals surface area (Å²) in [6.45, 7) is 5.79. The molecule has 1 saturated heterocycles. The van der Waals surface area contributed by atoms with Crippen LogP contribution in [0.1, 0.15) is 55.4 Å². The lowest BCUT2D eigenvalue weighted by atomic mass is 10.1. The predicted octanol–water partition coefficient (Wildman–Crippen LogP) is 1.37. The van der Waals surface area contributed by atoms with Crippen LogP contribution in [0.3, 0.4) is 0 Å². The van der Waals surface area contributed by atoms with E-state index >= 15 is 0 Å². The summed E-state index contributed by atoms with van der Waals surface area (Å²) in [5.41, 5.74) is 1.16. The minimum absolute atomic E-state index is 0.0731. The van der Waals surface area contributed by atoms with E-state index < -0.39 is 0 Å². The number of hydrogen-bond donors (Lipinski definition) is 1. The Labute approximate surface area is 146 Å². The number of aryl methyl sites for hydroxylation is 1. The molecule has 0 bridgehead atoms. The van der Waals surface area contributed by atoms with Crippen molar-refractivity contribution in [3.8, 4) is 0 Å². The first kappa shape index (κ1) is 16.3. The number of morpholine rings is 1. The van der Waals surface area contributed by atoms with Gasteiger partial charge in [-0.2, -0.15) is 10.2 Å². The Morgan fingerprint density at radius 3 is 2.96 bits per heavy atom. The fourth-order valence-electron chi connectivity index (χ4n) is 3.41. The summed E-state index contributed by atoms with van der Waals surface area (Å²) in [4.78, 5) is 19.3. The highest BCUT2D eigenvalue weighted by atomic mass is 16.5. The van der Waals surface area contributed by atoms with Gasteiger partial charge in [-0.05, 0) is 17.9 Å². The fourth-order valence-corrected chi connectivity index (χ4v) is 3.41. The molecule has 3 atom stereocenters. The summed E-state index contributed by atoms with van der Waals surface area (Å²) in [5, 5.41) is 11.4. The van der Waals surface area contributed by atoms with Crippen molar-refractivity contribution in [2.45, 2.75) is 38.2 Å². The maximum Gasteiger partial charge on any atom is 0.226 e. The van der Waals surface area contributed by atoms with Crippen molar-refractivity contribution < 1.29 is 9.53 Å². The van der Waals surface area contributed by atoms with Gasteiger partial charge in [0.05, 0.1) is 19.3 Å². The lowest BCUT2D eigenvalue weighted by molar-refractivity contribution is -0.140. The number of H-pyrrole nitrogens is 1. The number of aromatic amines is 1. The molecule has 1 aliphatic carbocycles. The van der Waals surface area contributed by atoms with E-state index in [0.717, 1.165) is 17.8 Å². The molecule has 0 unspecified atom stereocenters. The second kappa shape index (κ2) is 6.25.